The number of benzene rings is 2. The van der Waals surface area contributed by atoms with Gasteiger partial charge < -0.3 is 4.90 Å². The zero-order valence-electron chi connectivity index (χ0n) is 16.9. The Labute approximate surface area is 169 Å². The summed E-state index contributed by atoms with van der Waals surface area (Å²) in [5, 5.41) is 8.96. The molecule has 0 radical (unpaired) electrons. The first kappa shape index (κ1) is 19.3. The van der Waals surface area contributed by atoms with Gasteiger partial charge in [-0.1, -0.05) is 23.4 Å². The fourth-order valence-corrected chi connectivity index (χ4v) is 4.78. The third-order valence-corrected chi connectivity index (χ3v) is 6.96. The molecule has 150 valence electrons. The molecule has 0 N–H and O–H groups in total. The van der Waals surface area contributed by atoms with Crippen LogP contribution in [0.3, 0.4) is 0 Å². The molecular formula is C21H23N5O2S. The van der Waals surface area contributed by atoms with E-state index in [9.17, 15) is 8.42 Å². The summed E-state index contributed by atoms with van der Waals surface area (Å²) < 4.78 is 28.2. The van der Waals surface area contributed by atoms with E-state index in [1.165, 1.54) is 4.52 Å². The fraction of sp³-hybridized carbons (Fsp3) is 0.286. The van der Waals surface area contributed by atoms with Gasteiger partial charge in [0.05, 0.1) is 10.4 Å². The highest BCUT2D eigenvalue weighted by atomic mass is 32.2. The molecule has 2 heterocycles. The second-order valence-corrected chi connectivity index (χ2v) is 8.87. The highest BCUT2D eigenvalue weighted by molar-refractivity contribution is 7.91. The molecule has 0 unspecified atom stereocenters. The van der Waals surface area contributed by atoms with Crippen LogP contribution in [0.1, 0.15) is 25.0 Å². The Balaban J connectivity index is 2.03. The van der Waals surface area contributed by atoms with Gasteiger partial charge in [-0.25, -0.2) is 13.4 Å². The number of aromatic nitrogens is 4. The lowest BCUT2D eigenvalue weighted by Gasteiger charge is -2.21. The largest absolute Gasteiger partial charge is 0.357 e. The predicted octanol–water partition coefficient (Wildman–Crippen LogP) is 3.57. The summed E-state index contributed by atoms with van der Waals surface area (Å²) in [5.74, 6) is 0.733. The Hall–Kier alpha value is -3.00. The second-order valence-electron chi connectivity index (χ2n) is 7.00. The average Bonchev–Trinajstić information content (AvgIpc) is 3.16. The maximum absolute atomic E-state index is 13.4. The lowest BCUT2D eigenvalue weighted by Crippen LogP contribution is -2.23. The van der Waals surface area contributed by atoms with Crippen molar-refractivity contribution < 1.29 is 8.42 Å². The van der Waals surface area contributed by atoms with Gasteiger partial charge in [-0.3, -0.25) is 0 Å². The van der Waals surface area contributed by atoms with Crippen molar-refractivity contribution in [2.75, 3.05) is 18.0 Å². The third-order valence-electron chi connectivity index (χ3n) is 5.31. The fourth-order valence-electron chi connectivity index (χ4n) is 3.46. The summed E-state index contributed by atoms with van der Waals surface area (Å²) in [6, 6.07) is 12.8. The third kappa shape index (κ3) is 3.04. The van der Waals surface area contributed by atoms with Gasteiger partial charge in [-0.05, 0) is 63.1 Å². The van der Waals surface area contributed by atoms with Crippen LogP contribution in [0.25, 0.3) is 16.6 Å². The van der Waals surface area contributed by atoms with Crippen molar-refractivity contribution in [3.8, 4) is 0 Å². The van der Waals surface area contributed by atoms with Gasteiger partial charge in [0.25, 0.3) is 0 Å². The molecule has 29 heavy (non-hydrogen) atoms. The number of sulfone groups is 1. The Morgan fingerprint density at radius 3 is 2.41 bits per heavy atom. The minimum absolute atomic E-state index is 0.125. The van der Waals surface area contributed by atoms with Gasteiger partial charge in [0.1, 0.15) is 5.82 Å². The van der Waals surface area contributed by atoms with E-state index in [2.05, 4.69) is 15.2 Å². The van der Waals surface area contributed by atoms with E-state index in [1.807, 2.05) is 52.0 Å². The molecule has 4 aromatic rings. The molecule has 0 saturated heterocycles. The minimum Gasteiger partial charge on any atom is -0.357 e. The number of anilines is 1. The Kier molecular flexibility index (Phi) is 4.74. The molecular weight excluding hydrogens is 386 g/mol. The van der Waals surface area contributed by atoms with Gasteiger partial charge in [0.2, 0.25) is 14.9 Å². The number of para-hydroxylation sites is 1. The van der Waals surface area contributed by atoms with Crippen molar-refractivity contribution in [3.05, 3.63) is 53.6 Å². The van der Waals surface area contributed by atoms with Gasteiger partial charge >= 0.3 is 0 Å². The number of fused-ring (bicyclic) bond motifs is 3. The van der Waals surface area contributed by atoms with E-state index < -0.39 is 9.84 Å². The molecule has 7 nitrogen and oxygen atoms in total. The van der Waals surface area contributed by atoms with E-state index in [1.54, 1.807) is 18.2 Å². The molecule has 2 aromatic carbocycles. The molecule has 0 atom stereocenters. The summed E-state index contributed by atoms with van der Waals surface area (Å²) in [5.41, 5.74) is 2.95. The van der Waals surface area contributed by atoms with E-state index in [-0.39, 0.29) is 15.6 Å². The molecule has 0 aliphatic carbocycles. The zero-order valence-corrected chi connectivity index (χ0v) is 17.7. The number of rotatable bonds is 5. The molecule has 0 fully saturated rings. The lowest BCUT2D eigenvalue weighted by molar-refractivity contribution is 0.592. The minimum atomic E-state index is -3.86. The maximum Gasteiger partial charge on any atom is 0.229 e. The smallest absolute Gasteiger partial charge is 0.229 e. The van der Waals surface area contributed by atoms with Crippen molar-refractivity contribution in [2.45, 2.75) is 37.6 Å². The van der Waals surface area contributed by atoms with Crippen LogP contribution in [0.2, 0.25) is 0 Å². The van der Waals surface area contributed by atoms with Crippen LogP contribution < -0.4 is 4.90 Å². The van der Waals surface area contributed by atoms with E-state index in [0.717, 1.165) is 40.9 Å². The highest BCUT2D eigenvalue weighted by Gasteiger charge is 2.28. The number of hydrogen-bond donors (Lipinski definition) is 0. The zero-order chi connectivity index (χ0) is 20.8. The first-order valence-corrected chi connectivity index (χ1v) is 11.1. The van der Waals surface area contributed by atoms with E-state index >= 15 is 0 Å². The quantitative estimate of drug-likeness (QED) is 0.501. The van der Waals surface area contributed by atoms with Gasteiger partial charge in [0.15, 0.2) is 5.65 Å². The second kappa shape index (κ2) is 7.11. The first-order valence-electron chi connectivity index (χ1n) is 9.60. The van der Waals surface area contributed by atoms with Gasteiger partial charge in [-0.15, -0.1) is 5.10 Å². The predicted molar refractivity (Wildman–Crippen MR) is 113 cm³/mol. The van der Waals surface area contributed by atoms with Crippen molar-refractivity contribution in [2.24, 2.45) is 0 Å². The summed E-state index contributed by atoms with van der Waals surface area (Å²) in [4.78, 5) is 7.02. The van der Waals surface area contributed by atoms with Gasteiger partial charge in [0, 0.05) is 18.5 Å². The van der Waals surface area contributed by atoms with Gasteiger partial charge in [-0.2, -0.15) is 4.52 Å². The van der Waals surface area contributed by atoms with Crippen LogP contribution in [0.15, 0.2) is 52.4 Å². The lowest BCUT2D eigenvalue weighted by atomic mass is 10.1. The molecule has 0 aliphatic rings. The molecule has 2 aromatic heterocycles. The van der Waals surface area contributed by atoms with Crippen molar-refractivity contribution in [3.63, 3.8) is 0 Å². The number of hydrogen-bond acceptors (Lipinski definition) is 6. The Morgan fingerprint density at radius 1 is 1.00 bits per heavy atom. The molecule has 8 heteroatoms. The summed E-state index contributed by atoms with van der Waals surface area (Å²) >= 11 is 0. The summed E-state index contributed by atoms with van der Waals surface area (Å²) in [6.07, 6.45) is 0. The Bertz CT molecular complexity index is 1320. The maximum atomic E-state index is 13.4. The molecule has 0 saturated carbocycles. The van der Waals surface area contributed by atoms with Crippen molar-refractivity contribution in [1.82, 2.24) is 19.8 Å². The Morgan fingerprint density at radius 2 is 1.72 bits per heavy atom. The normalized spacial score (nSPS) is 12.0. The van der Waals surface area contributed by atoms with E-state index in [0.29, 0.717) is 0 Å². The van der Waals surface area contributed by atoms with Crippen LogP contribution in [0, 0.1) is 13.8 Å². The first-order chi connectivity index (χ1) is 13.9. The van der Waals surface area contributed by atoms with E-state index in [4.69, 9.17) is 4.98 Å². The van der Waals surface area contributed by atoms with Crippen LogP contribution in [0.4, 0.5) is 5.82 Å². The molecule has 0 amide bonds. The van der Waals surface area contributed by atoms with Crippen LogP contribution in [-0.2, 0) is 9.84 Å². The standard InChI is InChI=1S/C21H23N5O2S/c1-5-25(6-2)19-17-9-7-8-10-18(17)26-20(22-19)21(23-24-26)29(27,28)16-12-11-14(3)15(4)13-16/h7-13H,5-6H2,1-4H3. The van der Waals surface area contributed by atoms with Crippen LogP contribution in [0.5, 0.6) is 0 Å². The summed E-state index contributed by atoms with van der Waals surface area (Å²) in [7, 11) is -3.86. The number of nitrogens with zero attached hydrogens (tertiary/aromatic N) is 5. The molecule has 0 bridgehead atoms. The molecule has 4 rings (SSSR count). The molecule has 0 aliphatic heterocycles. The monoisotopic (exact) mass is 409 g/mol. The average molecular weight is 410 g/mol. The number of aryl methyl sites for hydroxylation is 2. The van der Waals surface area contributed by atoms with Crippen molar-refractivity contribution >= 4 is 32.2 Å². The van der Waals surface area contributed by atoms with Crippen molar-refractivity contribution in [1.29, 1.82) is 0 Å². The summed E-state index contributed by atoms with van der Waals surface area (Å²) in [6.45, 7) is 9.44. The van der Waals surface area contributed by atoms with Crippen LogP contribution in [-0.4, -0.2) is 41.3 Å². The molecule has 0 spiro atoms. The SMILES string of the molecule is CCN(CC)c1nc2c(S(=O)(=O)c3ccc(C)c(C)c3)nnn2c2ccccc12. The van der Waals surface area contributed by atoms with Crippen LogP contribution >= 0.6 is 0 Å². The highest BCUT2D eigenvalue weighted by Crippen LogP contribution is 2.30. The topological polar surface area (TPSA) is 80.5 Å².